The summed E-state index contributed by atoms with van der Waals surface area (Å²) in [4.78, 5) is 0. The predicted molar refractivity (Wildman–Crippen MR) is 43.4 cm³/mol. The van der Waals surface area contributed by atoms with Gasteiger partial charge in [-0.3, -0.25) is 0 Å². The minimum absolute atomic E-state index is 0.455. The average molecular weight is 196 g/mol. The Morgan fingerprint density at radius 3 is 2.08 bits per heavy atom. The van der Waals surface area contributed by atoms with Gasteiger partial charge in [-0.2, -0.15) is 13.2 Å². The molecule has 0 N–H and O–H groups in total. The molecule has 0 aromatic carbocycles. The van der Waals surface area contributed by atoms with Crippen LogP contribution in [0.25, 0.3) is 0 Å². The first-order valence-electron chi connectivity index (χ1n) is 4.51. The number of hydrogen-bond acceptors (Lipinski definition) is 1. The van der Waals surface area contributed by atoms with Gasteiger partial charge in [0.2, 0.25) is 0 Å². The molecule has 0 bridgehead atoms. The molecule has 0 aromatic rings. The lowest BCUT2D eigenvalue weighted by molar-refractivity contribution is -0.209. The molecule has 0 spiro atoms. The lowest BCUT2D eigenvalue weighted by atomic mass is 9.72. The minimum Gasteiger partial charge on any atom is -0.381 e. The molecular formula is C9H15F3O. The van der Waals surface area contributed by atoms with E-state index in [-0.39, 0.29) is 0 Å². The van der Waals surface area contributed by atoms with Crippen LogP contribution in [-0.4, -0.2) is 19.4 Å². The molecule has 78 valence electrons. The van der Waals surface area contributed by atoms with E-state index >= 15 is 0 Å². The van der Waals surface area contributed by atoms with Crippen molar-refractivity contribution >= 4 is 0 Å². The molecule has 1 unspecified atom stereocenters. The maximum atomic E-state index is 12.4. The lowest BCUT2D eigenvalue weighted by Crippen LogP contribution is -2.40. The summed E-state index contributed by atoms with van der Waals surface area (Å²) in [6.07, 6.45) is -3.06. The molecule has 0 aliphatic carbocycles. The average Bonchev–Trinajstić information content (AvgIpc) is 2.03. The van der Waals surface area contributed by atoms with Gasteiger partial charge in [0.15, 0.2) is 0 Å². The molecule has 1 rings (SSSR count). The van der Waals surface area contributed by atoms with E-state index in [2.05, 4.69) is 0 Å². The van der Waals surface area contributed by atoms with E-state index < -0.39 is 17.5 Å². The van der Waals surface area contributed by atoms with Gasteiger partial charge in [0.25, 0.3) is 0 Å². The Morgan fingerprint density at radius 2 is 1.69 bits per heavy atom. The molecular weight excluding hydrogens is 181 g/mol. The number of alkyl halides is 3. The van der Waals surface area contributed by atoms with Gasteiger partial charge in [0.1, 0.15) is 0 Å². The Bertz CT molecular complexity index is 170. The first-order chi connectivity index (χ1) is 5.86. The van der Waals surface area contributed by atoms with Crippen LogP contribution in [0.3, 0.4) is 0 Å². The predicted octanol–water partition coefficient (Wildman–Crippen LogP) is 3.00. The fourth-order valence-electron chi connectivity index (χ4n) is 1.67. The highest BCUT2D eigenvalue weighted by Crippen LogP contribution is 2.45. The molecule has 1 nitrogen and oxygen atoms in total. The van der Waals surface area contributed by atoms with Gasteiger partial charge in [-0.05, 0) is 18.3 Å². The second kappa shape index (κ2) is 3.48. The van der Waals surface area contributed by atoms with Gasteiger partial charge in [0.05, 0.1) is 5.92 Å². The molecule has 1 atom stereocenters. The van der Waals surface area contributed by atoms with E-state index in [0.717, 1.165) is 0 Å². The van der Waals surface area contributed by atoms with Crippen molar-refractivity contribution in [3.05, 3.63) is 0 Å². The maximum absolute atomic E-state index is 12.4. The molecule has 13 heavy (non-hydrogen) atoms. The molecule has 0 aromatic heterocycles. The van der Waals surface area contributed by atoms with Crippen LogP contribution >= 0.6 is 0 Å². The summed E-state index contributed by atoms with van der Waals surface area (Å²) in [5.41, 5.74) is -0.628. The Hall–Kier alpha value is -0.250. The molecule has 1 fully saturated rings. The second-order valence-corrected chi connectivity index (χ2v) is 4.03. The van der Waals surface area contributed by atoms with Crippen LogP contribution in [0.1, 0.15) is 26.7 Å². The summed E-state index contributed by atoms with van der Waals surface area (Å²) in [7, 11) is 0. The third-order valence-electron chi connectivity index (χ3n) is 3.17. The number of ether oxygens (including phenoxy) is 1. The quantitative estimate of drug-likeness (QED) is 0.626. The minimum atomic E-state index is -4.08. The molecule has 0 amide bonds. The highest BCUT2D eigenvalue weighted by atomic mass is 19.4. The zero-order chi connectivity index (χ0) is 10.1. The highest BCUT2D eigenvalue weighted by Gasteiger charge is 2.48. The molecule has 1 aliphatic rings. The lowest BCUT2D eigenvalue weighted by Gasteiger charge is -2.39. The summed E-state index contributed by atoms with van der Waals surface area (Å²) in [5, 5.41) is 0. The van der Waals surface area contributed by atoms with Gasteiger partial charge in [-0.15, -0.1) is 0 Å². The van der Waals surface area contributed by atoms with Crippen LogP contribution in [0.4, 0.5) is 13.2 Å². The van der Waals surface area contributed by atoms with E-state index in [4.69, 9.17) is 4.74 Å². The molecule has 0 radical (unpaired) electrons. The zero-order valence-electron chi connectivity index (χ0n) is 7.95. The van der Waals surface area contributed by atoms with Crippen LogP contribution in [0.5, 0.6) is 0 Å². The Morgan fingerprint density at radius 1 is 1.23 bits per heavy atom. The fourth-order valence-corrected chi connectivity index (χ4v) is 1.67. The third kappa shape index (κ3) is 2.36. The molecule has 1 heterocycles. The van der Waals surface area contributed by atoms with E-state index in [1.807, 2.05) is 0 Å². The SMILES string of the molecule is CC(C(F)(F)F)C1(C)CCOCC1. The summed E-state index contributed by atoms with van der Waals surface area (Å²) in [6.45, 7) is 3.88. The maximum Gasteiger partial charge on any atom is 0.392 e. The van der Waals surface area contributed by atoms with Crippen molar-refractivity contribution in [3.8, 4) is 0 Å². The van der Waals surface area contributed by atoms with E-state index in [0.29, 0.717) is 26.1 Å². The zero-order valence-corrected chi connectivity index (χ0v) is 7.95. The molecule has 0 saturated carbocycles. The van der Waals surface area contributed by atoms with Crippen molar-refractivity contribution in [1.29, 1.82) is 0 Å². The molecule has 1 aliphatic heterocycles. The smallest absolute Gasteiger partial charge is 0.381 e. The number of halogens is 3. The van der Waals surface area contributed by atoms with Gasteiger partial charge in [-0.25, -0.2) is 0 Å². The van der Waals surface area contributed by atoms with Crippen LogP contribution in [0.2, 0.25) is 0 Å². The van der Waals surface area contributed by atoms with E-state index in [1.54, 1.807) is 6.92 Å². The largest absolute Gasteiger partial charge is 0.392 e. The highest BCUT2D eigenvalue weighted by molar-refractivity contribution is 4.85. The van der Waals surface area contributed by atoms with Gasteiger partial charge < -0.3 is 4.74 Å². The van der Waals surface area contributed by atoms with Crippen molar-refractivity contribution in [1.82, 2.24) is 0 Å². The topological polar surface area (TPSA) is 9.23 Å². The van der Waals surface area contributed by atoms with Gasteiger partial charge >= 0.3 is 6.18 Å². The van der Waals surface area contributed by atoms with Crippen LogP contribution in [0.15, 0.2) is 0 Å². The first kappa shape index (κ1) is 10.8. The summed E-state index contributed by atoms with van der Waals surface area (Å²) in [6, 6.07) is 0. The van der Waals surface area contributed by atoms with Crippen LogP contribution < -0.4 is 0 Å². The normalized spacial score (nSPS) is 25.6. The summed E-state index contributed by atoms with van der Waals surface area (Å²) < 4.78 is 42.4. The fraction of sp³-hybridized carbons (Fsp3) is 1.00. The van der Waals surface area contributed by atoms with Crippen LogP contribution in [-0.2, 0) is 4.74 Å². The van der Waals surface area contributed by atoms with Crippen molar-refractivity contribution in [2.45, 2.75) is 32.9 Å². The monoisotopic (exact) mass is 196 g/mol. The van der Waals surface area contributed by atoms with Gasteiger partial charge in [-0.1, -0.05) is 13.8 Å². The summed E-state index contributed by atoms with van der Waals surface area (Å²) in [5.74, 6) is -1.23. The Labute approximate surface area is 76.3 Å². The van der Waals surface area contributed by atoms with Crippen molar-refractivity contribution in [2.24, 2.45) is 11.3 Å². The standard InChI is InChI=1S/C9H15F3O/c1-7(9(10,11)12)8(2)3-5-13-6-4-8/h7H,3-6H2,1-2H3. The van der Waals surface area contributed by atoms with Crippen molar-refractivity contribution in [2.75, 3.05) is 13.2 Å². The third-order valence-corrected chi connectivity index (χ3v) is 3.17. The number of hydrogen-bond donors (Lipinski definition) is 0. The van der Waals surface area contributed by atoms with Crippen molar-refractivity contribution in [3.63, 3.8) is 0 Å². The first-order valence-corrected chi connectivity index (χ1v) is 4.51. The van der Waals surface area contributed by atoms with Crippen LogP contribution in [0, 0.1) is 11.3 Å². The Kier molecular flexibility index (Phi) is 2.90. The van der Waals surface area contributed by atoms with E-state index in [1.165, 1.54) is 6.92 Å². The second-order valence-electron chi connectivity index (χ2n) is 4.03. The van der Waals surface area contributed by atoms with Gasteiger partial charge in [0, 0.05) is 13.2 Å². The molecule has 4 heteroatoms. The Balaban J connectivity index is 2.67. The summed E-state index contributed by atoms with van der Waals surface area (Å²) >= 11 is 0. The van der Waals surface area contributed by atoms with Crippen molar-refractivity contribution < 1.29 is 17.9 Å². The van der Waals surface area contributed by atoms with E-state index in [9.17, 15) is 13.2 Å². The number of rotatable bonds is 1. The molecule has 1 saturated heterocycles.